The number of fused-ring (bicyclic) bond motifs is 1. The normalized spacial score (nSPS) is 12.4. The van der Waals surface area contributed by atoms with Crippen LogP contribution in [0, 0.1) is 6.92 Å². The van der Waals surface area contributed by atoms with Crippen LogP contribution in [-0.4, -0.2) is 20.3 Å². The van der Waals surface area contributed by atoms with E-state index >= 15 is 0 Å². The first-order chi connectivity index (χ1) is 10.3. The Labute approximate surface area is 126 Å². The van der Waals surface area contributed by atoms with Crippen LogP contribution in [-0.2, 0) is 6.42 Å². The van der Waals surface area contributed by atoms with E-state index in [4.69, 9.17) is 9.47 Å². The zero-order chi connectivity index (χ0) is 15.2. The van der Waals surface area contributed by atoms with E-state index in [1.165, 1.54) is 23.7 Å². The summed E-state index contributed by atoms with van der Waals surface area (Å²) in [5.41, 5.74) is 9.56. The maximum absolute atomic E-state index is 5.84. The summed E-state index contributed by atoms with van der Waals surface area (Å²) >= 11 is 0. The summed E-state index contributed by atoms with van der Waals surface area (Å²) in [5, 5.41) is 0. The molecule has 3 nitrogen and oxygen atoms in total. The molecule has 2 N–H and O–H groups in total. The molecule has 0 aliphatic carbocycles. The average molecular weight is 285 g/mol. The van der Waals surface area contributed by atoms with Gasteiger partial charge in [0.1, 0.15) is 13.2 Å². The molecule has 0 radical (unpaired) electrons. The standard InChI is InChI=1S/C17H18O2.CH5N/c1-3-13-7-4-6-12(2)16(13)14-8-5-9-15-17(14)19-11-10-18-15;1-2/h4-9H,3,10-11H2,1-2H3;2H2,1H3. The van der Waals surface area contributed by atoms with E-state index in [-0.39, 0.29) is 0 Å². The number of para-hydroxylation sites is 1. The summed E-state index contributed by atoms with van der Waals surface area (Å²) in [6.45, 7) is 5.59. The molecule has 0 atom stereocenters. The maximum atomic E-state index is 5.84. The second-order valence-corrected chi connectivity index (χ2v) is 4.79. The van der Waals surface area contributed by atoms with Crippen LogP contribution in [0.2, 0.25) is 0 Å². The third-order valence-electron chi connectivity index (χ3n) is 3.58. The van der Waals surface area contributed by atoms with Crippen molar-refractivity contribution in [1.29, 1.82) is 0 Å². The first kappa shape index (κ1) is 15.4. The van der Waals surface area contributed by atoms with E-state index in [1.54, 1.807) is 0 Å². The van der Waals surface area contributed by atoms with Crippen LogP contribution in [0.15, 0.2) is 36.4 Å². The zero-order valence-corrected chi connectivity index (χ0v) is 13.0. The Morgan fingerprint density at radius 2 is 1.71 bits per heavy atom. The smallest absolute Gasteiger partial charge is 0.169 e. The molecule has 0 fully saturated rings. The summed E-state index contributed by atoms with van der Waals surface area (Å²) in [7, 11) is 1.50. The van der Waals surface area contributed by atoms with Crippen molar-refractivity contribution < 1.29 is 9.47 Å². The molecule has 0 spiro atoms. The van der Waals surface area contributed by atoms with E-state index in [1.807, 2.05) is 12.1 Å². The van der Waals surface area contributed by atoms with Gasteiger partial charge in [-0.25, -0.2) is 0 Å². The molecule has 1 aliphatic rings. The van der Waals surface area contributed by atoms with Gasteiger partial charge in [-0.05, 0) is 43.1 Å². The lowest BCUT2D eigenvalue weighted by Crippen LogP contribution is -2.16. The Morgan fingerprint density at radius 1 is 1.00 bits per heavy atom. The lowest BCUT2D eigenvalue weighted by molar-refractivity contribution is 0.172. The summed E-state index contributed by atoms with van der Waals surface area (Å²) in [4.78, 5) is 0. The second kappa shape index (κ2) is 7.14. The van der Waals surface area contributed by atoms with Crippen molar-refractivity contribution in [3.05, 3.63) is 47.5 Å². The van der Waals surface area contributed by atoms with Crippen molar-refractivity contribution in [3.63, 3.8) is 0 Å². The minimum Gasteiger partial charge on any atom is -0.486 e. The van der Waals surface area contributed by atoms with Crippen LogP contribution in [0.1, 0.15) is 18.1 Å². The highest BCUT2D eigenvalue weighted by Crippen LogP contribution is 2.42. The quantitative estimate of drug-likeness (QED) is 0.917. The fourth-order valence-electron chi connectivity index (χ4n) is 2.68. The Hall–Kier alpha value is -2.00. The topological polar surface area (TPSA) is 44.5 Å². The summed E-state index contributed by atoms with van der Waals surface area (Å²) in [5.74, 6) is 1.74. The van der Waals surface area contributed by atoms with E-state index in [0.717, 1.165) is 23.5 Å². The molecule has 3 rings (SSSR count). The summed E-state index contributed by atoms with van der Waals surface area (Å²) < 4.78 is 11.5. The van der Waals surface area contributed by atoms with Gasteiger partial charge >= 0.3 is 0 Å². The molecule has 0 saturated heterocycles. The molecule has 0 bridgehead atoms. The van der Waals surface area contributed by atoms with Crippen LogP contribution in [0.3, 0.4) is 0 Å². The van der Waals surface area contributed by atoms with Crippen LogP contribution < -0.4 is 15.2 Å². The third-order valence-corrected chi connectivity index (χ3v) is 3.58. The average Bonchev–Trinajstić information content (AvgIpc) is 2.56. The lowest BCUT2D eigenvalue weighted by atomic mass is 9.93. The van der Waals surface area contributed by atoms with Gasteiger partial charge in [-0.2, -0.15) is 0 Å². The van der Waals surface area contributed by atoms with Gasteiger partial charge in [0.05, 0.1) is 0 Å². The first-order valence-corrected chi connectivity index (χ1v) is 7.36. The molecule has 21 heavy (non-hydrogen) atoms. The molecule has 1 aliphatic heterocycles. The van der Waals surface area contributed by atoms with Gasteiger partial charge in [0.25, 0.3) is 0 Å². The van der Waals surface area contributed by atoms with Crippen LogP contribution in [0.25, 0.3) is 11.1 Å². The number of hydrogen-bond acceptors (Lipinski definition) is 3. The van der Waals surface area contributed by atoms with Gasteiger partial charge in [0.15, 0.2) is 11.5 Å². The Kier molecular flexibility index (Phi) is 5.23. The molecule has 0 aromatic heterocycles. The Balaban J connectivity index is 0.000000774. The van der Waals surface area contributed by atoms with Gasteiger partial charge in [-0.3, -0.25) is 0 Å². The van der Waals surface area contributed by atoms with Crippen molar-refractivity contribution in [1.82, 2.24) is 0 Å². The molecule has 2 aromatic carbocycles. The van der Waals surface area contributed by atoms with Crippen molar-refractivity contribution >= 4 is 0 Å². The van der Waals surface area contributed by atoms with E-state index < -0.39 is 0 Å². The van der Waals surface area contributed by atoms with Crippen LogP contribution >= 0.6 is 0 Å². The number of rotatable bonds is 2. The fourth-order valence-corrected chi connectivity index (χ4v) is 2.68. The first-order valence-electron chi connectivity index (χ1n) is 7.36. The predicted octanol–water partition coefficient (Wildman–Crippen LogP) is 3.57. The molecule has 3 heteroatoms. The van der Waals surface area contributed by atoms with Gasteiger partial charge in [-0.1, -0.05) is 37.3 Å². The van der Waals surface area contributed by atoms with E-state index in [9.17, 15) is 0 Å². The molecular weight excluding hydrogens is 262 g/mol. The lowest BCUT2D eigenvalue weighted by Gasteiger charge is -2.22. The monoisotopic (exact) mass is 285 g/mol. The third kappa shape index (κ3) is 3.03. The molecule has 112 valence electrons. The van der Waals surface area contributed by atoms with E-state index in [0.29, 0.717) is 13.2 Å². The maximum Gasteiger partial charge on any atom is 0.169 e. The largest absolute Gasteiger partial charge is 0.486 e. The fraction of sp³-hybridized carbons (Fsp3) is 0.333. The van der Waals surface area contributed by atoms with E-state index in [2.05, 4.69) is 43.8 Å². The van der Waals surface area contributed by atoms with Gasteiger partial charge < -0.3 is 15.2 Å². The minimum atomic E-state index is 0.622. The second-order valence-electron chi connectivity index (χ2n) is 4.79. The molecule has 1 heterocycles. The van der Waals surface area contributed by atoms with Crippen molar-refractivity contribution in [2.45, 2.75) is 20.3 Å². The Morgan fingerprint density at radius 3 is 2.48 bits per heavy atom. The number of ether oxygens (including phenoxy) is 2. The van der Waals surface area contributed by atoms with Crippen molar-refractivity contribution in [3.8, 4) is 22.6 Å². The molecule has 2 aromatic rings. The van der Waals surface area contributed by atoms with Crippen LogP contribution in [0.4, 0.5) is 0 Å². The highest BCUT2D eigenvalue weighted by atomic mass is 16.6. The van der Waals surface area contributed by atoms with Gasteiger partial charge in [0, 0.05) is 5.56 Å². The highest BCUT2D eigenvalue weighted by molar-refractivity contribution is 5.78. The molecule has 0 amide bonds. The SMILES string of the molecule is CCc1cccc(C)c1-c1cccc2c1OCCO2.CN. The Bertz CT molecular complexity index is 608. The summed E-state index contributed by atoms with van der Waals surface area (Å²) in [6, 6.07) is 12.6. The summed E-state index contributed by atoms with van der Waals surface area (Å²) in [6.07, 6.45) is 1.02. The van der Waals surface area contributed by atoms with Crippen molar-refractivity contribution in [2.24, 2.45) is 5.73 Å². The van der Waals surface area contributed by atoms with Gasteiger partial charge in [0.2, 0.25) is 0 Å². The number of hydrogen-bond donors (Lipinski definition) is 1. The minimum absolute atomic E-state index is 0.622. The van der Waals surface area contributed by atoms with Gasteiger partial charge in [-0.15, -0.1) is 0 Å². The van der Waals surface area contributed by atoms with Crippen molar-refractivity contribution in [2.75, 3.05) is 20.3 Å². The number of aryl methyl sites for hydroxylation is 2. The molecule has 0 saturated carbocycles. The number of benzene rings is 2. The highest BCUT2D eigenvalue weighted by Gasteiger charge is 2.19. The number of nitrogens with two attached hydrogens (primary N) is 1. The van der Waals surface area contributed by atoms with Crippen LogP contribution in [0.5, 0.6) is 11.5 Å². The molecule has 0 unspecified atom stereocenters. The zero-order valence-electron chi connectivity index (χ0n) is 13.0. The predicted molar refractivity (Wildman–Crippen MR) is 87.1 cm³/mol. The molecular formula is C18H23NO2.